The van der Waals surface area contributed by atoms with Crippen molar-refractivity contribution in [2.24, 2.45) is 0 Å². The molecule has 0 aromatic carbocycles. The zero-order chi connectivity index (χ0) is 8.97. The molecule has 1 rings (SSSR count). The largest absolute Gasteiger partial charge is 0.272 e. The molecule has 12 heavy (non-hydrogen) atoms. The summed E-state index contributed by atoms with van der Waals surface area (Å²) in [5, 5.41) is 7.04. The van der Waals surface area contributed by atoms with Crippen LogP contribution < -0.4 is 5.43 Å². The van der Waals surface area contributed by atoms with E-state index in [4.69, 9.17) is 0 Å². The first-order valence-corrected chi connectivity index (χ1v) is 4.71. The van der Waals surface area contributed by atoms with Crippen molar-refractivity contribution in [3.05, 3.63) is 12.7 Å². The van der Waals surface area contributed by atoms with Gasteiger partial charge in [0.25, 0.3) is 5.91 Å². The van der Waals surface area contributed by atoms with Crippen molar-refractivity contribution >= 4 is 17.7 Å². The van der Waals surface area contributed by atoms with Gasteiger partial charge in [0.15, 0.2) is 0 Å². The van der Waals surface area contributed by atoms with Crippen molar-refractivity contribution in [3.63, 3.8) is 0 Å². The Morgan fingerprint density at radius 2 is 2.17 bits per heavy atom. The van der Waals surface area contributed by atoms with Crippen LogP contribution in [0.25, 0.3) is 0 Å². The molecule has 0 radical (unpaired) electrons. The SMILES string of the molecule is CSC(C)C(=O)Nn1cnnc1. The highest BCUT2D eigenvalue weighted by Crippen LogP contribution is 2.04. The average molecular weight is 186 g/mol. The average Bonchev–Trinajstić information content (AvgIpc) is 2.55. The van der Waals surface area contributed by atoms with E-state index >= 15 is 0 Å². The highest BCUT2D eigenvalue weighted by molar-refractivity contribution is 7.99. The fraction of sp³-hybridized carbons (Fsp3) is 0.500. The van der Waals surface area contributed by atoms with E-state index in [0.29, 0.717) is 0 Å². The van der Waals surface area contributed by atoms with Gasteiger partial charge in [-0.1, -0.05) is 0 Å². The Balaban J connectivity index is 2.47. The summed E-state index contributed by atoms with van der Waals surface area (Å²) in [5.74, 6) is -0.0534. The molecule has 0 saturated heterocycles. The number of hydrogen-bond acceptors (Lipinski definition) is 4. The Morgan fingerprint density at radius 1 is 1.58 bits per heavy atom. The number of amides is 1. The molecule has 1 unspecified atom stereocenters. The third-order valence-electron chi connectivity index (χ3n) is 1.38. The van der Waals surface area contributed by atoms with Crippen molar-refractivity contribution in [2.45, 2.75) is 12.2 Å². The van der Waals surface area contributed by atoms with Crippen LogP contribution >= 0.6 is 11.8 Å². The van der Waals surface area contributed by atoms with Crippen molar-refractivity contribution in [1.82, 2.24) is 14.9 Å². The van der Waals surface area contributed by atoms with E-state index in [1.807, 2.05) is 13.2 Å². The van der Waals surface area contributed by atoms with Gasteiger partial charge >= 0.3 is 0 Å². The molecule has 0 spiro atoms. The second-order valence-corrected chi connectivity index (χ2v) is 3.40. The molecule has 1 atom stereocenters. The summed E-state index contributed by atoms with van der Waals surface area (Å²) in [6.45, 7) is 1.84. The Labute approximate surface area is 74.5 Å². The first kappa shape index (κ1) is 9.05. The topological polar surface area (TPSA) is 59.8 Å². The Morgan fingerprint density at radius 3 is 2.67 bits per heavy atom. The maximum Gasteiger partial charge on any atom is 0.251 e. The number of aromatic nitrogens is 3. The van der Waals surface area contributed by atoms with Gasteiger partial charge in [-0.3, -0.25) is 10.2 Å². The van der Waals surface area contributed by atoms with Gasteiger partial charge in [0, 0.05) is 0 Å². The van der Waals surface area contributed by atoms with Crippen molar-refractivity contribution in [1.29, 1.82) is 0 Å². The van der Waals surface area contributed by atoms with Crippen LogP contribution in [0.2, 0.25) is 0 Å². The second-order valence-electron chi connectivity index (χ2n) is 2.22. The molecular formula is C6H10N4OS. The van der Waals surface area contributed by atoms with Gasteiger partial charge < -0.3 is 0 Å². The second kappa shape index (κ2) is 4.10. The third-order valence-corrected chi connectivity index (χ3v) is 2.30. The van der Waals surface area contributed by atoms with E-state index in [2.05, 4.69) is 15.6 Å². The van der Waals surface area contributed by atoms with E-state index in [-0.39, 0.29) is 11.2 Å². The van der Waals surface area contributed by atoms with Crippen LogP contribution in [-0.4, -0.2) is 32.3 Å². The smallest absolute Gasteiger partial charge is 0.251 e. The predicted octanol–water partition coefficient (Wildman–Crippen LogP) is 0.0997. The predicted molar refractivity (Wildman–Crippen MR) is 47.4 cm³/mol. The lowest BCUT2D eigenvalue weighted by atomic mass is 10.5. The molecule has 0 aliphatic rings. The van der Waals surface area contributed by atoms with E-state index in [0.717, 1.165) is 0 Å². The van der Waals surface area contributed by atoms with Crippen LogP contribution in [-0.2, 0) is 4.79 Å². The van der Waals surface area contributed by atoms with Gasteiger partial charge in [-0.15, -0.1) is 10.2 Å². The molecule has 5 nitrogen and oxygen atoms in total. The molecule has 0 aliphatic heterocycles. The summed E-state index contributed by atoms with van der Waals surface area (Å²) in [6.07, 6.45) is 4.76. The van der Waals surface area contributed by atoms with E-state index in [1.54, 1.807) is 0 Å². The van der Waals surface area contributed by atoms with Gasteiger partial charge in [0.1, 0.15) is 12.7 Å². The minimum atomic E-state index is -0.0626. The highest BCUT2D eigenvalue weighted by Gasteiger charge is 2.10. The van der Waals surface area contributed by atoms with E-state index in [9.17, 15) is 4.79 Å². The maximum absolute atomic E-state index is 11.2. The molecular weight excluding hydrogens is 176 g/mol. The molecule has 6 heteroatoms. The first-order valence-electron chi connectivity index (χ1n) is 3.42. The molecule has 0 aliphatic carbocycles. The Bertz CT molecular complexity index is 248. The van der Waals surface area contributed by atoms with Gasteiger partial charge in [0.2, 0.25) is 0 Å². The van der Waals surface area contributed by atoms with Crippen LogP contribution in [0.4, 0.5) is 0 Å². The number of nitrogens with one attached hydrogen (secondary N) is 1. The molecule has 1 aromatic rings. The summed E-state index contributed by atoms with van der Waals surface area (Å²) in [6, 6.07) is 0. The van der Waals surface area contributed by atoms with Crippen LogP contribution in [0, 0.1) is 0 Å². The zero-order valence-electron chi connectivity index (χ0n) is 6.89. The monoisotopic (exact) mass is 186 g/mol. The maximum atomic E-state index is 11.2. The molecule has 66 valence electrons. The fourth-order valence-electron chi connectivity index (χ4n) is 0.584. The Kier molecular flexibility index (Phi) is 3.09. The van der Waals surface area contributed by atoms with Crippen molar-refractivity contribution in [2.75, 3.05) is 11.7 Å². The highest BCUT2D eigenvalue weighted by atomic mass is 32.2. The third kappa shape index (κ3) is 2.23. The minimum absolute atomic E-state index is 0.0534. The summed E-state index contributed by atoms with van der Waals surface area (Å²) in [5.41, 5.74) is 2.60. The van der Waals surface area contributed by atoms with Gasteiger partial charge in [-0.2, -0.15) is 11.8 Å². The summed E-state index contributed by atoms with van der Waals surface area (Å²) >= 11 is 1.49. The zero-order valence-corrected chi connectivity index (χ0v) is 7.71. The van der Waals surface area contributed by atoms with Crippen LogP contribution in [0.5, 0.6) is 0 Å². The normalized spacial score (nSPS) is 12.5. The summed E-state index contributed by atoms with van der Waals surface area (Å²) in [4.78, 5) is 11.2. The number of carbonyl (C=O) groups excluding carboxylic acids is 1. The fourth-order valence-corrected chi connectivity index (χ4v) is 0.850. The quantitative estimate of drug-likeness (QED) is 0.727. The minimum Gasteiger partial charge on any atom is -0.272 e. The van der Waals surface area contributed by atoms with Gasteiger partial charge in [0.05, 0.1) is 5.25 Å². The Hall–Kier alpha value is -1.04. The lowest BCUT2D eigenvalue weighted by Gasteiger charge is -2.08. The molecule has 1 heterocycles. The lowest BCUT2D eigenvalue weighted by molar-refractivity contribution is -0.116. The number of thioether (sulfide) groups is 1. The molecule has 0 bridgehead atoms. The number of carbonyl (C=O) groups is 1. The standard InChI is InChI=1S/C6H10N4OS/c1-5(12-2)6(11)9-10-3-7-8-4-10/h3-5H,1-2H3,(H,9,11). The van der Waals surface area contributed by atoms with Gasteiger partial charge in [-0.25, -0.2) is 4.68 Å². The molecule has 1 N–H and O–H groups in total. The molecule has 0 saturated carbocycles. The van der Waals surface area contributed by atoms with Crippen LogP contribution in [0.3, 0.4) is 0 Å². The first-order chi connectivity index (χ1) is 5.74. The molecule has 1 aromatic heterocycles. The molecule has 0 fully saturated rings. The number of rotatable bonds is 3. The van der Waals surface area contributed by atoms with E-state index in [1.165, 1.54) is 29.1 Å². The number of nitrogens with zero attached hydrogens (tertiary/aromatic N) is 3. The lowest BCUT2D eigenvalue weighted by Crippen LogP contribution is -2.28. The van der Waals surface area contributed by atoms with Crippen molar-refractivity contribution in [3.8, 4) is 0 Å². The van der Waals surface area contributed by atoms with Gasteiger partial charge in [-0.05, 0) is 13.2 Å². The summed E-state index contributed by atoms with van der Waals surface area (Å²) in [7, 11) is 0. The van der Waals surface area contributed by atoms with Crippen molar-refractivity contribution < 1.29 is 4.79 Å². The molecule has 1 amide bonds. The van der Waals surface area contributed by atoms with E-state index < -0.39 is 0 Å². The summed E-state index contributed by atoms with van der Waals surface area (Å²) < 4.78 is 1.43. The van der Waals surface area contributed by atoms with Crippen LogP contribution in [0.1, 0.15) is 6.92 Å². The number of hydrogen-bond donors (Lipinski definition) is 1. The van der Waals surface area contributed by atoms with Crippen LogP contribution in [0.15, 0.2) is 12.7 Å².